The molecule has 1 fully saturated rings. The van der Waals surface area contributed by atoms with Gasteiger partial charge in [-0.25, -0.2) is 9.59 Å². The van der Waals surface area contributed by atoms with Crippen LogP contribution in [0.2, 0.25) is 0 Å². The minimum atomic E-state index is -0.451. The van der Waals surface area contributed by atoms with Gasteiger partial charge >= 0.3 is 12.1 Å². The number of esters is 1. The van der Waals surface area contributed by atoms with Crippen LogP contribution in [0.4, 0.5) is 4.79 Å². The fourth-order valence-corrected chi connectivity index (χ4v) is 3.31. The number of benzene rings is 1. The van der Waals surface area contributed by atoms with Gasteiger partial charge in [0, 0.05) is 39.1 Å². The topological polar surface area (TPSA) is 59.1 Å². The summed E-state index contributed by atoms with van der Waals surface area (Å²) in [5.41, 5.74) is 2.58. The van der Waals surface area contributed by atoms with Gasteiger partial charge in [-0.1, -0.05) is 12.1 Å². The Kier molecular flexibility index (Phi) is 5.51. The monoisotopic (exact) mass is 360 g/mol. The molecule has 0 unspecified atom stereocenters. The number of carbonyl (C=O) groups is 2. The van der Waals surface area contributed by atoms with Crippen LogP contribution in [-0.4, -0.2) is 66.8 Å². The highest BCUT2D eigenvalue weighted by atomic mass is 16.6. The maximum absolute atomic E-state index is 12.1. The molecular formula is C20H28N2O4. The van der Waals surface area contributed by atoms with Crippen molar-refractivity contribution in [2.75, 3.05) is 39.3 Å². The van der Waals surface area contributed by atoms with E-state index in [0.717, 1.165) is 38.0 Å². The summed E-state index contributed by atoms with van der Waals surface area (Å²) in [5, 5.41) is 0. The average molecular weight is 360 g/mol. The molecule has 3 rings (SSSR count). The summed E-state index contributed by atoms with van der Waals surface area (Å²) in [6.07, 6.45) is 1.51. The molecule has 6 heteroatoms. The molecule has 0 aromatic heterocycles. The molecule has 142 valence electrons. The number of hydrogen-bond donors (Lipinski definition) is 0. The third-order valence-electron chi connectivity index (χ3n) is 4.73. The van der Waals surface area contributed by atoms with Crippen molar-refractivity contribution in [3.05, 3.63) is 34.9 Å². The number of ether oxygens (including phenoxy) is 2. The standard InChI is InChI=1S/C20H28N2O4/c1-20(2,3)26-19(24)22-11-9-21(10-12-22)8-6-15-4-5-17-16(14-15)7-13-25-18(17)23/h4-5,14H,6-13H2,1-3H3. The Labute approximate surface area is 155 Å². The maximum atomic E-state index is 12.1. The van der Waals surface area contributed by atoms with E-state index in [-0.39, 0.29) is 12.1 Å². The molecule has 0 bridgehead atoms. The van der Waals surface area contributed by atoms with Crippen LogP contribution < -0.4 is 0 Å². The summed E-state index contributed by atoms with van der Waals surface area (Å²) in [7, 11) is 0. The summed E-state index contributed by atoms with van der Waals surface area (Å²) in [6, 6.07) is 6.03. The molecule has 26 heavy (non-hydrogen) atoms. The van der Waals surface area contributed by atoms with Crippen LogP contribution in [0.25, 0.3) is 0 Å². The fraction of sp³-hybridized carbons (Fsp3) is 0.600. The highest BCUT2D eigenvalue weighted by molar-refractivity contribution is 5.92. The zero-order valence-corrected chi connectivity index (χ0v) is 15.9. The van der Waals surface area contributed by atoms with Gasteiger partial charge in [-0.2, -0.15) is 0 Å². The Morgan fingerprint density at radius 2 is 1.92 bits per heavy atom. The minimum Gasteiger partial charge on any atom is -0.462 e. The molecule has 2 heterocycles. The molecule has 0 atom stereocenters. The molecule has 1 amide bonds. The van der Waals surface area contributed by atoms with Crippen molar-refractivity contribution in [2.24, 2.45) is 0 Å². The Bertz CT molecular complexity index is 673. The van der Waals surface area contributed by atoms with Crippen molar-refractivity contribution < 1.29 is 19.1 Å². The first-order valence-corrected chi connectivity index (χ1v) is 9.31. The quantitative estimate of drug-likeness (QED) is 0.775. The van der Waals surface area contributed by atoms with Gasteiger partial charge in [0.05, 0.1) is 12.2 Å². The Balaban J connectivity index is 1.47. The van der Waals surface area contributed by atoms with E-state index < -0.39 is 5.60 Å². The van der Waals surface area contributed by atoms with Crippen molar-refractivity contribution in [3.63, 3.8) is 0 Å². The second-order valence-corrected chi connectivity index (χ2v) is 7.94. The highest BCUT2D eigenvalue weighted by Crippen LogP contribution is 2.19. The summed E-state index contributed by atoms with van der Waals surface area (Å²) in [4.78, 5) is 28.0. The zero-order chi connectivity index (χ0) is 18.7. The molecule has 1 aromatic carbocycles. The van der Waals surface area contributed by atoms with Crippen molar-refractivity contribution in [1.82, 2.24) is 9.80 Å². The predicted molar refractivity (Wildman–Crippen MR) is 98.4 cm³/mol. The van der Waals surface area contributed by atoms with Gasteiger partial charge in [0.2, 0.25) is 0 Å². The molecule has 1 aromatic rings. The summed E-state index contributed by atoms with van der Waals surface area (Å²) in [5.74, 6) is -0.212. The SMILES string of the molecule is CC(C)(C)OC(=O)N1CCN(CCc2ccc3c(c2)CCOC3=O)CC1. The number of cyclic esters (lactones) is 1. The van der Waals surface area contributed by atoms with Gasteiger partial charge in [-0.05, 0) is 44.4 Å². The first-order valence-electron chi connectivity index (χ1n) is 9.31. The number of carbonyl (C=O) groups excluding carboxylic acids is 2. The fourth-order valence-electron chi connectivity index (χ4n) is 3.31. The lowest BCUT2D eigenvalue weighted by Gasteiger charge is -2.35. The van der Waals surface area contributed by atoms with Crippen LogP contribution in [0.1, 0.15) is 42.3 Å². The summed E-state index contributed by atoms with van der Waals surface area (Å²) >= 11 is 0. The Hall–Kier alpha value is -2.08. The molecule has 0 N–H and O–H groups in total. The van der Waals surface area contributed by atoms with E-state index in [1.807, 2.05) is 32.9 Å². The first-order chi connectivity index (χ1) is 12.3. The summed E-state index contributed by atoms with van der Waals surface area (Å²) < 4.78 is 10.5. The molecule has 2 aliphatic rings. The van der Waals surface area contributed by atoms with Crippen molar-refractivity contribution in [1.29, 1.82) is 0 Å². The normalized spacial score (nSPS) is 18.3. The number of amides is 1. The van der Waals surface area contributed by atoms with E-state index in [0.29, 0.717) is 25.3 Å². The third-order valence-corrected chi connectivity index (χ3v) is 4.73. The molecule has 2 aliphatic heterocycles. The smallest absolute Gasteiger partial charge is 0.410 e. The molecule has 1 saturated heterocycles. The van der Waals surface area contributed by atoms with Crippen LogP contribution in [-0.2, 0) is 22.3 Å². The second-order valence-electron chi connectivity index (χ2n) is 7.94. The van der Waals surface area contributed by atoms with Crippen LogP contribution >= 0.6 is 0 Å². The van der Waals surface area contributed by atoms with Crippen molar-refractivity contribution >= 4 is 12.1 Å². The van der Waals surface area contributed by atoms with Crippen LogP contribution in [0.15, 0.2) is 18.2 Å². The van der Waals surface area contributed by atoms with Gasteiger partial charge < -0.3 is 14.4 Å². The highest BCUT2D eigenvalue weighted by Gasteiger charge is 2.25. The summed E-state index contributed by atoms with van der Waals surface area (Å²) in [6.45, 7) is 10.2. The van der Waals surface area contributed by atoms with Crippen molar-refractivity contribution in [2.45, 2.75) is 39.2 Å². The number of nitrogens with zero attached hydrogens (tertiary/aromatic N) is 2. The van der Waals surface area contributed by atoms with E-state index in [9.17, 15) is 9.59 Å². The van der Waals surface area contributed by atoms with E-state index >= 15 is 0 Å². The van der Waals surface area contributed by atoms with Gasteiger partial charge in [0.1, 0.15) is 5.60 Å². The van der Waals surface area contributed by atoms with E-state index in [2.05, 4.69) is 11.0 Å². The van der Waals surface area contributed by atoms with Crippen LogP contribution in [0.3, 0.4) is 0 Å². The lowest BCUT2D eigenvalue weighted by molar-refractivity contribution is 0.0146. The number of hydrogen-bond acceptors (Lipinski definition) is 5. The molecule has 0 radical (unpaired) electrons. The Morgan fingerprint density at radius 3 is 2.62 bits per heavy atom. The van der Waals surface area contributed by atoms with Gasteiger partial charge in [0.25, 0.3) is 0 Å². The first kappa shape index (κ1) is 18.7. The number of fused-ring (bicyclic) bond motifs is 1. The molecule has 0 saturated carbocycles. The largest absolute Gasteiger partial charge is 0.462 e. The number of piperazine rings is 1. The van der Waals surface area contributed by atoms with E-state index in [4.69, 9.17) is 9.47 Å². The third kappa shape index (κ3) is 4.75. The van der Waals surface area contributed by atoms with E-state index in [1.54, 1.807) is 4.90 Å². The zero-order valence-electron chi connectivity index (χ0n) is 15.9. The average Bonchev–Trinajstić information content (AvgIpc) is 2.59. The molecule has 6 nitrogen and oxygen atoms in total. The second kappa shape index (κ2) is 7.66. The molecular weight excluding hydrogens is 332 g/mol. The maximum Gasteiger partial charge on any atom is 0.410 e. The minimum absolute atomic E-state index is 0.212. The number of rotatable bonds is 3. The predicted octanol–water partition coefficient (Wildman–Crippen LogP) is 2.49. The van der Waals surface area contributed by atoms with Gasteiger partial charge in [-0.3, -0.25) is 4.90 Å². The van der Waals surface area contributed by atoms with Crippen LogP contribution in [0.5, 0.6) is 0 Å². The van der Waals surface area contributed by atoms with E-state index in [1.165, 1.54) is 5.56 Å². The van der Waals surface area contributed by atoms with Crippen molar-refractivity contribution in [3.8, 4) is 0 Å². The van der Waals surface area contributed by atoms with Gasteiger partial charge in [-0.15, -0.1) is 0 Å². The van der Waals surface area contributed by atoms with Crippen LogP contribution in [0, 0.1) is 0 Å². The van der Waals surface area contributed by atoms with Gasteiger partial charge in [0.15, 0.2) is 0 Å². The molecule has 0 aliphatic carbocycles. The Morgan fingerprint density at radius 1 is 1.19 bits per heavy atom. The lowest BCUT2D eigenvalue weighted by Crippen LogP contribution is -2.50. The lowest BCUT2D eigenvalue weighted by atomic mass is 9.98. The molecule has 0 spiro atoms.